The lowest BCUT2D eigenvalue weighted by molar-refractivity contribution is 0.490. The molecule has 0 N–H and O–H groups in total. The van der Waals surface area contributed by atoms with Gasteiger partial charge < -0.3 is 9.80 Å². The Labute approximate surface area is 329 Å². The van der Waals surface area contributed by atoms with E-state index in [9.17, 15) is 0 Å². The van der Waals surface area contributed by atoms with E-state index in [0.29, 0.717) is 12.1 Å². The topological polar surface area (TPSA) is 6.48 Å². The predicted molar refractivity (Wildman–Crippen MR) is 237 cm³/mol. The van der Waals surface area contributed by atoms with Crippen LogP contribution in [0.1, 0.15) is 112 Å². The zero-order chi connectivity index (χ0) is 37.5. The third-order valence-corrected chi connectivity index (χ3v) is 13.2. The van der Waals surface area contributed by atoms with Gasteiger partial charge in [-0.1, -0.05) is 123 Å². The van der Waals surface area contributed by atoms with E-state index in [1.807, 2.05) is 0 Å². The van der Waals surface area contributed by atoms with E-state index in [2.05, 4.69) is 183 Å². The fourth-order valence-corrected chi connectivity index (χ4v) is 10.1. The maximum atomic E-state index is 2.56. The number of hydrogen-bond acceptors (Lipinski definition) is 2. The quantitative estimate of drug-likeness (QED) is 0.147. The Morgan fingerprint density at radius 2 is 1.11 bits per heavy atom. The van der Waals surface area contributed by atoms with Gasteiger partial charge in [-0.3, -0.25) is 0 Å². The molecule has 5 aromatic rings. The Bertz CT molecular complexity index is 2330. The molecule has 2 nitrogen and oxygen atoms in total. The highest BCUT2D eigenvalue weighted by Crippen LogP contribution is 2.53. The maximum absolute atomic E-state index is 2.56. The van der Waals surface area contributed by atoms with Crippen LogP contribution in [-0.2, 0) is 11.8 Å². The smallest absolute Gasteiger partial charge is 0.0445 e. The van der Waals surface area contributed by atoms with Gasteiger partial charge >= 0.3 is 0 Å². The molecule has 0 saturated heterocycles. The lowest BCUT2D eigenvalue weighted by Crippen LogP contribution is -2.36. The largest absolute Gasteiger partial charge is 0.339 e. The van der Waals surface area contributed by atoms with Crippen molar-refractivity contribution in [3.05, 3.63) is 172 Å². The SMILES string of the molecule is CCC1(CC)c2cc(/C=C/c3ccc(N4C5=C(CCC=C5)CCC4C)cc3)ccc2-c2ccc(/C=C/c3ccc(N4c5ccccc5CCC4C)cc3)cc21. The Hall–Kier alpha value is -5.34. The predicted octanol–water partition coefficient (Wildman–Crippen LogP) is 14.2. The van der Waals surface area contributed by atoms with Crippen molar-refractivity contribution in [3.63, 3.8) is 0 Å². The Morgan fingerprint density at radius 1 is 0.582 bits per heavy atom. The standard InChI is InChI=1S/C53H54N2/c1-5-53(6-2)49-35-41(19-17-39-21-29-45(30-22-39)54-37(3)15-27-43-11-7-9-13-51(43)54)25-33-47(49)48-34-26-42(36-50(48)53)20-18-40-23-31-46(32-24-40)55-38(4)16-28-44-12-8-10-14-52(44)55/h7,9-11,13-14,17-26,29-38H,5-6,8,12,15-16,27-28H2,1-4H3/b19-17+,20-18+. The molecule has 2 unspecified atom stereocenters. The number of nitrogens with zero attached hydrogens (tertiary/aromatic N) is 2. The minimum atomic E-state index is 0.00926. The van der Waals surface area contributed by atoms with Gasteiger partial charge in [-0.15, -0.1) is 0 Å². The van der Waals surface area contributed by atoms with E-state index >= 15 is 0 Å². The molecule has 0 spiro atoms. The number of fused-ring (bicyclic) bond motifs is 4. The molecular formula is C53H54N2. The molecule has 0 aromatic heterocycles. The monoisotopic (exact) mass is 718 g/mol. The van der Waals surface area contributed by atoms with Crippen molar-refractivity contribution in [3.8, 4) is 11.1 Å². The summed E-state index contributed by atoms with van der Waals surface area (Å²) in [7, 11) is 0. The molecule has 0 amide bonds. The number of allylic oxidation sites excluding steroid dienone is 3. The molecule has 2 aliphatic heterocycles. The molecule has 2 atom stereocenters. The first kappa shape index (κ1) is 35.4. The van der Waals surface area contributed by atoms with E-state index in [1.165, 1.54) is 105 Å². The Balaban J connectivity index is 0.932. The third-order valence-electron chi connectivity index (χ3n) is 13.2. The van der Waals surface area contributed by atoms with Crippen molar-refractivity contribution in [1.29, 1.82) is 0 Å². The first-order valence-corrected chi connectivity index (χ1v) is 20.9. The molecule has 55 heavy (non-hydrogen) atoms. The lowest BCUT2D eigenvalue weighted by atomic mass is 9.73. The summed E-state index contributed by atoms with van der Waals surface area (Å²) in [6, 6.07) is 42.4. The zero-order valence-corrected chi connectivity index (χ0v) is 33.1. The first-order chi connectivity index (χ1) is 27.0. The second kappa shape index (κ2) is 14.7. The first-order valence-electron chi connectivity index (χ1n) is 20.9. The summed E-state index contributed by atoms with van der Waals surface area (Å²) < 4.78 is 0. The van der Waals surface area contributed by atoms with E-state index < -0.39 is 0 Å². The summed E-state index contributed by atoms with van der Waals surface area (Å²) in [6.07, 6.45) is 23.2. The van der Waals surface area contributed by atoms with Crippen LogP contribution in [0.2, 0.25) is 0 Å². The van der Waals surface area contributed by atoms with Gasteiger partial charge in [0.05, 0.1) is 0 Å². The maximum Gasteiger partial charge on any atom is 0.0445 e. The summed E-state index contributed by atoms with van der Waals surface area (Å²) in [5.74, 6) is 0. The van der Waals surface area contributed by atoms with Crippen molar-refractivity contribution in [1.82, 2.24) is 0 Å². The van der Waals surface area contributed by atoms with Crippen molar-refractivity contribution in [2.24, 2.45) is 0 Å². The van der Waals surface area contributed by atoms with Crippen LogP contribution in [-0.4, -0.2) is 12.1 Å². The minimum absolute atomic E-state index is 0.00926. The van der Waals surface area contributed by atoms with Gasteiger partial charge in [-0.25, -0.2) is 0 Å². The summed E-state index contributed by atoms with van der Waals surface area (Å²) in [6.45, 7) is 9.44. The minimum Gasteiger partial charge on any atom is -0.339 e. The molecule has 5 aromatic carbocycles. The molecule has 0 bridgehead atoms. The molecule has 2 heteroatoms. The van der Waals surface area contributed by atoms with E-state index in [4.69, 9.17) is 0 Å². The summed E-state index contributed by atoms with van der Waals surface area (Å²) >= 11 is 0. The summed E-state index contributed by atoms with van der Waals surface area (Å²) in [4.78, 5) is 5.07. The third kappa shape index (κ3) is 6.40. The molecule has 0 radical (unpaired) electrons. The molecule has 0 fully saturated rings. The van der Waals surface area contributed by atoms with Gasteiger partial charge in [0.2, 0.25) is 0 Å². The molecule has 276 valence electrons. The van der Waals surface area contributed by atoms with Crippen molar-refractivity contribution >= 4 is 41.4 Å². The Morgan fingerprint density at radius 3 is 1.73 bits per heavy atom. The van der Waals surface area contributed by atoms with Gasteiger partial charge in [0, 0.05) is 40.3 Å². The van der Waals surface area contributed by atoms with Gasteiger partial charge in [0.25, 0.3) is 0 Å². The Kier molecular flexibility index (Phi) is 9.46. The van der Waals surface area contributed by atoms with Crippen molar-refractivity contribution in [2.75, 3.05) is 9.80 Å². The number of hydrogen-bond donors (Lipinski definition) is 0. The highest BCUT2D eigenvalue weighted by molar-refractivity contribution is 5.85. The zero-order valence-electron chi connectivity index (χ0n) is 33.1. The average Bonchev–Trinajstić information content (AvgIpc) is 3.51. The number of rotatable bonds is 8. The lowest BCUT2D eigenvalue weighted by Gasteiger charge is -2.39. The van der Waals surface area contributed by atoms with Gasteiger partial charge in [0.15, 0.2) is 0 Å². The van der Waals surface area contributed by atoms with Crippen LogP contribution in [0.25, 0.3) is 35.4 Å². The normalized spacial score (nSPS) is 19.9. The highest BCUT2D eigenvalue weighted by atomic mass is 15.2. The number of aryl methyl sites for hydroxylation is 1. The molecular weight excluding hydrogens is 665 g/mol. The highest BCUT2D eigenvalue weighted by Gasteiger charge is 2.40. The summed E-state index contributed by atoms with van der Waals surface area (Å²) in [5, 5.41) is 0. The average molecular weight is 719 g/mol. The van der Waals surface area contributed by atoms with Gasteiger partial charge in [-0.05, 0) is 157 Å². The van der Waals surface area contributed by atoms with Crippen molar-refractivity contribution in [2.45, 2.75) is 96.6 Å². The van der Waals surface area contributed by atoms with Crippen molar-refractivity contribution < 1.29 is 0 Å². The van der Waals surface area contributed by atoms with Crippen LogP contribution in [0.4, 0.5) is 17.1 Å². The number of anilines is 3. The molecule has 2 aliphatic carbocycles. The fraction of sp³-hybridized carbons (Fsp3) is 0.283. The number of benzene rings is 5. The molecule has 0 saturated carbocycles. The fourth-order valence-electron chi connectivity index (χ4n) is 10.1. The van der Waals surface area contributed by atoms with Crippen LogP contribution >= 0.6 is 0 Å². The van der Waals surface area contributed by atoms with Gasteiger partial charge in [-0.2, -0.15) is 0 Å². The number of para-hydroxylation sites is 1. The molecule has 4 aliphatic rings. The van der Waals surface area contributed by atoms with Crippen LogP contribution in [0.3, 0.4) is 0 Å². The van der Waals surface area contributed by atoms with E-state index in [0.717, 1.165) is 19.3 Å². The van der Waals surface area contributed by atoms with Crippen LogP contribution < -0.4 is 9.80 Å². The van der Waals surface area contributed by atoms with E-state index in [-0.39, 0.29) is 5.41 Å². The molecule has 9 rings (SSSR count). The van der Waals surface area contributed by atoms with Crippen LogP contribution in [0.5, 0.6) is 0 Å². The van der Waals surface area contributed by atoms with Crippen LogP contribution in [0, 0.1) is 0 Å². The second-order valence-electron chi connectivity index (χ2n) is 16.3. The van der Waals surface area contributed by atoms with Crippen LogP contribution in [0.15, 0.2) is 133 Å². The van der Waals surface area contributed by atoms with Gasteiger partial charge in [0.1, 0.15) is 0 Å². The second-order valence-corrected chi connectivity index (χ2v) is 16.3. The van der Waals surface area contributed by atoms with E-state index in [1.54, 1.807) is 5.57 Å². The summed E-state index contributed by atoms with van der Waals surface area (Å²) in [5.41, 5.74) is 19.1. The molecule has 2 heterocycles.